The van der Waals surface area contributed by atoms with Crippen molar-refractivity contribution < 1.29 is 9.59 Å². The van der Waals surface area contributed by atoms with Crippen LogP contribution in [0.4, 0.5) is 11.4 Å². The number of thioether (sulfide) groups is 1. The molecule has 2 amide bonds. The molecule has 0 saturated heterocycles. The number of carbonyl (C=O) groups excluding carboxylic acids is 2. The number of carbonyl (C=O) groups is 2. The minimum absolute atomic E-state index is 0.137. The van der Waals surface area contributed by atoms with Crippen LogP contribution in [-0.4, -0.2) is 33.8 Å². The molecule has 0 spiro atoms. The van der Waals surface area contributed by atoms with Crippen molar-refractivity contribution in [1.82, 2.24) is 10.3 Å². The number of amidine groups is 1. The van der Waals surface area contributed by atoms with Gasteiger partial charge in [0, 0.05) is 18.1 Å². The Morgan fingerprint density at radius 3 is 2.79 bits per heavy atom. The highest BCUT2D eigenvalue weighted by Crippen LogP contribution is 2.26. The summed E-state index contributed by atoms with van der Waals surface area (Å²) < 4.78 is 0. The average molecular weight is 428 g/mol. The molecule has 0 saturated carbocycles. The van der Waals surface area contributed by atoms with E-state index in [9.17, 15) is 9.59 Å². The normalized spacial score (nSPS) is 17.7. The number of nitrogens with zero attached hydrogens (tertiary/aromatic N) is 3. The van der Waals surface area contributed by atoms with E-state index in [1.807, 2.05) is 43.3 Å². The third-order valence-corrected chi connectivity index (χ3v) is 5.67. The quantitative estimate of drug-likeness (QED) is 0.782. The number of nitrogens with one attached hydrogen (secondary N) is 2. The van der Waals surface area contributed by atoms with Crippen molar-refractivity contribution in [3.8, 4) is 0 Å². The van der Waals surface area contributed by atoms with Gasteiger partial charge in [-0.3, -0.25) is 24.8 Å². The van der Waals surface area contributed by atoms with E-state index < -0.39 is 6.17 Å². The summed E-state index contributed by atoms with van der Waals surface area (Å²) in [6.07, 6.45) is 2.85. The number of para-hydroxylation sites is 1. The third-order valence-electron chi connectivity index (χ3n) is 4.39. The summed E-state index contributed by atoms with van der Waals surface area (Å²) in [5.41, 5.74) is 5.22. The largest absolute Gasteiger partial charge is 0.324 e. The van der Waals surface area contributed by atoms with Gasteiger partial charge in [-0.25, -0.2) is 0 Å². The van der Waals surface area contributed by atoms with E-state index in [0.717, 1.165) is 11.3 Å². The fraction of sp³-hybridized carbons (Fsp3) is 0.150. The van der Waals surface area contributed by atoms with Crippen molar-refractivity contribution in [2.45, 2.75) is 13.1 Å². The standard InChI is InChI=1S/C20H18ClN5O2S/c1-13-7-8-16(15(21)11-13)22-17(27)12-29-20-24-23-18-19(28)25(9-10-26(18)20)14-5-3-2-4-6-14/h2-11,18,23H,12H2,1H3,(H,22,27). The third kappa shape index (κ3) is 4.08. The Labute approximate surface area is 177 Å². The Balaban J connectivity index is 1.37. The maximum Gasteiger partial charge on any atom is 0.276 e. The highest BCUT2D eigenvalue weighted by molar-refractivity contribution is 8.14. The van der Waals surface area contributed by atoms with Gasteiger partial charge in [0.25, 0.3) is 5.91 Å². The molecule has 0 aliphatic carbocycles. The minimum atomic E-state index is -0.627. The first-order valence-electron chi connectivity index (χ1n) is 8.90. The van der Waals surface area contributed by atoms with Crippen molar-refractivity contribution in [3.63, 3.8) is 0 Å². The van der Waals surface area contributed by atoms with Crippen LogP contribution in [0.1, 0.15) is 5.56 Å². The summed E-state index contributed by atoms with van der Waals surface area (Å²) in [5.74, 6) is -0.211. The van der Waals surface area contributed by atoms with Crippen LogP contribution in [-0.2, 0) is 9.59 Å². The number of fused-ring (bicyclic) bond motifs is 1. The van der Waals surface area contributed by atoms with Crippen molar-refractivity contribution in [2.75, 3.05) is 16.0 Å². The first-order valence-corrected chi connectivity index (χ1v) is 10.3. The highest BCUT2D eigenvalue weighted by atomic mass is 35.5. The van der Waals surface area contributed by atoms with Gasteiger partial charge in [0.15, 0.2) is 5.17 Å². The zero-order chi connectivity index (χ0) is 20.4. The van der Waals surface area contributed by atoms with E-state index in [1.54, 1.807) is 34.3 Å². The summed E-state index contributed by atoms with van der Waals surface area (Å²) in [4.78, 5) is 28.4. The van der Waals surface area contributed by atoms with Gasteiger partial charge in [-0.15, -0.1) is 0 Å². The van der Waals surface area contributed by atoms with Gasteiger partial charge in [0.1, 0.15) is 0 Å². The molecule has 0 aromatic heterocycles. The minimum Gasteiger partial charge on any atom is -0.324 e. The lowest BCUT2D eigenvalue weighted by atomic mass is 10.2. The Bertz CT molecular complexity index is 1010. The summed E-state index contributed by atoms with van der Waals surface area (Å²) in [7, 11) is 0. The van der Waals surface area contributed by atoms with Crippen LogP contribution in [0.15, 0.2) is 66.0 Å². The molecule has 2 N–H and O–H groups in total. The van der Waals surface area contributed by atoms with Crippen LogP contribution >= 0.6 is 23.4 Å². The number of hydrogen-bond donors (Lipinski definition) is 2. The van der Waals surface area contributed by atoms with Crippen LogP contribution in [0.25, 0.3) is 0 Å². The number of amides is 2. The zero-order valence-electron chi connectivity index (χ0n) is 15.5. The highest BCUT2D eigenvalue weighted by Gasteiger charge is 2.38. The molecule has 2 aliphatic rings. The van der Waals surface area contributed by atoms with E-state index in [2.05, 4.69) is 15.8 Å². The lowest BCUT2D eigenvalue weighted by Gasteiger charge is -2.31. The SMILES string of the molecule is Cc1ccc(NC(=O)CSC2=NNC3C(=O)N(c4ccccc4)C=CN23)c(Cl)c1. The lowest BCUT2D eigenvalue weighted by molar-refractivity contribution is -0.122. The second-order valence-corrected chi connectivity index (χ2v) is 7.85. The molecular weight excluding hydrogens is 410 g/mol. The zero-order valence-corrected chi connectivity index (χ0v) is 17.1. The number of hydrazone groups is 1. The molecule has 7 nitrogen and oxygen atoms in total. The topological polar surface area (TPSA) is 77.0 Å². The van der Waals surface area contributed by atoms with E-state index in [-0.39, 0.29) is 17.6 Å². The summed E-state index contributed by atoms with van der Waals surface area (Å²) >= 11 is 7.40. The van der Waals surface area contributed by atoms with Gasteiger partial charge in [0.2, 0.25) is 12.1 Å². The molecule has 4 rings (SSSR count). The molecule has 148 valence electrons. The van der Waals surface area contributed by atoms with Crippen molar-refractivity contribution in [1.29, 1.82) is 0 Å². The molecule has 0 radical (unpaired) electrons. The van der Waals surface area contributed by atoms with Crippen LogP contribution in [0.2, 0.25) is 5.02 Å². The van der Waals surface area contributed by atoms with Gasteiger partial charge in [-0.2, -0.15) is 5.10 Å². The number of rotatable bonds is 4. The molecule has 2 heterocycles. The molecule has 29 heavy (non-hydrogen) atoms. The molecule has 1 atom stereocenters. The Morgan fingerprint density at radius 1 is 1.24 bits per heavy atom. The molecule has 2 aromatic carbocycles. The molecule has 1 unspecified atom stereocenters. The number of benzene rings is 2. The van der Waals surface area contributed by atoms with E-state index in [1.165, 1.54) is 11.8 Å². The fourth-order valence-electron chi connectivity index (χ4n) is 2.96. The van der Waals surface area contributed by atoms with Crippen LogP contribution in [0.3, 0.4) is 0 Å². The lowest BCUT2D eigenvalue weighted by Crippen LogP contribution is -2.52. The first kappa shape index (κ1) is 19.4. The fourth-order valence-corrected chi connectivity index (χ4v) is 4.01. The summed E-state index contributed by atoms with van der Waals surface area (Å²) in [6.45, 7) is 1.93. The molecular formula is C20H18ClN5O2S. The average Bonchev–Trinajstić information content (AvgIpc) is 3.13. The Morgan fingerprint density at radius 2 is 2.03 bits per heavy atom. The van der Waals surface area contributed by atoms with Gasteiger partial charge < -0.3 is 5.32 Å². The predicted molar refractivity (Wildman–Crippen MR) is 117 cm³/mol. The molecule has 2 aliphatic heterocycles. The molecule has 9 heteroatoms. The molecule has 0 bridgehead atoms. The Kier molecular flexibility index (Phi) is 5.46. The summed E-state index contributed by atoms with van der Waals surface area (Å²) in [6, 6.07) is 14.8. The second-order valence-electron chi connectivity index (χ2n) is 6.50. The van der Waals surface area contributed by atoms with Crippen molar-refractivity contribution in [2.24, 2.45) is 5.10 Å². The molecule has 0 fully saturated rings. The van der Waals surface area contributed by atoms with Crippen LogP contribution < -0.4 is 15.6 Å². The number of hydrogen-bond acceptors (Lipinski definition) is 6. The van der Waals surface area contributed by atoms with Crippen LogP contribution in [0, 0.1) is 6.92 Å². The molecule has 2 aromatic rings. The van der Waals surface area contributed by atoms with E-state index in [0.29, 0.717) is 15.9 Å². The van der Waals surface area contributed by atoms with E-state index in [4.69, 9.17) is 11.6 Å². The summed E-state index contributed by atoms with van der Waals surface area (Å²) in [5, 5.41) is 8.06. The second kappa shape index (κ2) is 8.18. The van der Waals surface area contributed by atoms with Crippen LogP contribution in [0.5, 0.6) is 0 Å². The number of anilines is 2. The van der Waals surface area contributed by atoms with Crippen molar-refractivity contribution in [3.05, 3.63) is 71.5 Å². The first-order chi connectivity index (χ1) is 14.0. The van der Waals surface area contributed by atoms with E-state index >= 15 is 0 Å². The van der Waals surface area contributed by atoms with Gasteiger partial charge >= 0.3 is 0 Å². The van der Waals surface area contributed by atoms with Gasteiger partial charge in [-0.1, -0.05) is 47.6 Å². The smallest absolute Gasteiger partial charge is 0.276 e. The monoisotopic (exact) mass is 427 g/mol. The van der Waals surface area contributed by atoms with Gasteiger partial charge in [0.05, 0.1) is 16.5 Å². The Hall–Kier alpha value is -2.97. The predicted octanol–water partition coefficient (Wildman–Crippen LogP) is 3.34. The number of aryl methyl sites for hydroxylation is 1. The van der Waals surface area contributed by atoms with Gasteiger partial charge in [-0.05, 0) is 36.8 Å². The maximum atomic E-state index is 12.8. The van der Waals surface area contributed by atoms with Crippen molar-refractivity contribution >= 4 is 51.7 Å². The maximum absolute atomic E-state index is 12.8. The number of halogens is 1.